The molecule has 0 saturated heterocycles. The Morgan fingerprint density at radius 3 is 2.43 bits per heavy atom. The van der Waals surface area contributed by atoms with Crippen LogP contribution in [0, 0.1) is 6.92 Å². The molecule has 2 heterocycles. The average molecular weight is 565 g/mol. The summed E-state index contributed by atoms with van der Waals surface area (Å²) < 4.78 is 17.2. The summed E-state index contributed by atoms with van der Waals surface area (Å²) in [7, 11) is -1.56. The van der Waals surface area contributed by atoms with Crippen LogP contribution >= 0.6 is 15.9 Å². The minimum Gasteiger partial charge on any atom is -0.399 e. The Morgan fingerprint density at radius 1 is 0.865 bits per heavy atom. The maximum atomic E-state index is 14.4. The molecular formula is C30H21BrN4OS. The lowest BCUT2D eigenvalue weighted by Gasteiger charge is -2.12. The fourth-order valence-corrected chi connectivity index (χ4v) is 6.70. The van der Waals surface area contributed by atoms with Crippen LogP contribution in [0.15, 0.2) is 100 Å². The monoisotopic (exact) mass is 564 g/mol. The number of aryl methyl sites for hydroxylation is 1. The highest BCUT2D eigenvalue weighted by Crippen LogP contribution is 2.40. The molecule has 180 valence electrons. The first-order chi connectivity index (χ1) is 18.0. The predicted molar refractivity (Wildman–Crippen MR) is 157 cm³/mol. The van der Waals surface area contributed by atoms with Crippen molar-refractivity contribution in [2.45, 2.75) is 11.8 Å². The summed E-state index contributed by atoms with van der Waals surface area (Å²) in [4.78, 5) is 9.27. The molecule has 7 heteroatoms. The third-order valence-electron chi connectivity index (χ3n) is 6.88. The van der Waals surface area contributed by atoms with Crippen LogP contribution in [0.25, 0.3) is 54.9 Å². The molecule has 0 aliphatic rings. The van der Waals surface area contributed by atoms with Crippen molar-refractivity contribution in [3.8, 4) is 11.4 Å². The van der Waals surface area contributed by atoms with Crippen molar-refractivity contribution < 1.29 is 4.21 Å². The smallest absolute Gasteiger partial charge is 0.158 e. The number of rotatable bonds is 3. The first-order valence-corrected chi connectivity index (χ1v) is 13.8. The molecule has 0 saturated carbocycles. The quantitative estimate of drug-likeness (QED) is 0.170. The van der Waals surface area contributed by atoms with Gasteiger partial charge >= 0.3 is 0 Å². The van der Waals surface area contributed by atoms with Crippen LogP contribution in [0.1, 0.15) is 5.56 Å². The molecule has 0 aliphatic heterocycles. The van der Waals surface area contributed by atoms with Gasteiger partial charge in [0.25, 0.3) is 0 Å². The van der Waals surface area contributed by atoms with E-state index in [1.165, 1.54) is 0 Å². The van der Waals surface area contributed by atoms with E-state index in [1.807, 2.05) is 83.8 Å². The summed E-state index contributed by atoms with van der Waals surface area (Å²) in [5.41, 5.74) is 11.5. The molecule has 5 aromatic carbocycles. The van der Waals surface area contributed by atoms with E-state index in [-0.39, 0.29) is 0 Å². The van der Waals surface area contributed by atoms with Gasteiger partial charge in [0, 0.05) is 43.6 Å². The van der Waals surface area contributed by atoms with Crippen molar-refractivity contribution in [1.29, 1.82) is 0 Å². The van der Waals surface area contributed by atoms with Gasteiger partial charge < -0.3 is 10.7 Å². The Kier molecular flexibility index (Phi) is 4.99. The number of aromatic amines is 1. The van der Waals surface area contributed by atoms with E-state index in [1.54, 1.807) is 0 Å². The molecule has 37 heavy (non-hydrogen) atoms. The first-order valence-electron chi connectivity index (χ1n) is 11.9. The van der Waals surface area contributed by atoms with Gasteiger partial charge in [-0.05, 0) is 60.2 Å². The van der Waals surface area contributed by atoms with Crippen LogP contribution in [0.4, 0.5) is 5.69 Å². The molecule has 7 aromatic rings. The summed E-state index contributed by atoms with van der Waals surface area (Å²) in [6, 6.07) is 28.1. The number of nitrogens with one attached hydrogen (secondary N) is 1. The van der Waals surface area contributed by atoms with Crippen molar-refractivity contribution in [1.82, 2.24) is 13.9 Å². The van der Waals surface area contributed by atoms with Crippen molar-refractivity contribution in [2.24, 2.45) is 0 Å². The predicted octanol–water partition coefficient (Wildman–Crippen LogP) is 7.72. The molecule has 0 bridgehead atoms. The van der Waals surface area contributed by atoms with Gasteiger partial charge in [-0.2, -0.15) is 0 Å². The second-order valence-electron chi connectivity index (χ2n) is 9.23. The zero-order chi connectivity index (χ0) is 25.3. The summed E-state index contributed by atoms with van der Waals surface area (Å²) in [5.74, 6) is 0.637. The third kappa shape index (κ3) is 3.42. The fraction of sp³-hybridized carbons (Fsp3) is 0.0333. The molecule has 0 radical (unpaired) electrons. The lowest BCUT2D eigenvalue weighted by Crippen LogP contribution is -2.07. The van der Waals surface area contributed by atoms with Crippen LogP contribution in [-0.2, 0) is 11.0 Å². The Balaban J connectivity index is 1.69. The molecule has 1 unspecified atom stereocenters. The Bertz CT molecular complexity index is 2040. The molecule has 2 aromatic heterocycles. The van der Waals surface area contributed by atoms with E-state index in [2.05, 4.69) is 39.1 Å². The van der Waals surface area contributed by atoms with Gasteiger partial charge in [-0.1, -0.05) is 64.0 Å². The first kappa shape index (κ1) is 22.3. The van der Waals surface area contributed by atoms with Gasteiger partial charge in [-0.25, -0.2) is 13.2 Å². The molecule has 0 spiro atoms. The van der Waals surface area contributed by atoms with Crippen LogP contribution < -0.4 is 5.73 Å². The molecular weight excluding hydrogens is 544 g/mol. The summed E-state index contributed by atoms with van der Waals surface area (Å²) in [5, 5.41) is 5.07. The molecule has 1 atom stereocenters. The number of nitrogen functional groups attached to an aromatic ring is 1. The van der Waals surface area contributed by atoms with Crippen LogP contribution in [0.5, 0.6) is 0 Å². The number of imidazole rings is 1. The number of anilines is 1. The zero-order valence-corrected chi connectivity index (χ0v) is 22.2. The molecule has 0 aliphatic carbocycles. The highest BCUT2D eigenvalue weighted by Gasteiger charge is 2.24. The zero-order valence-electron chi connectivity index (χ0n) is 19.8. The van der Waals surface area contributed by atoms with Gasteiger partial charge in [-0.15, -0.1) is 0 Å². The highest BCUT2D eigenvalue weighted by atomic mass is 79.9. The second kappa shape index (κ2) is 8.30. The van der Waals surface area contributed by atoms with Crippen LogP contribution in [0.2, 0.25) is 0 Å². The van der Waals surface area contributed by atoms with E-state index in [0.717, 1.165) is 59.1 Å². The maximum absolute atomic E-state index is 14.4. The largest absolute Gasteiger partial charge is 0.399 e. The maximum Gasteiger partial charge on any atom is 0.158 e. The van der Waals surface area contributed by atoms with Gasteiger partial charge in [0.15, 0.2) is 16.8 Å². The number of aromatic nitrogens is 3. The summed E-state index contributed by atoms with van der Waals surface area (Å²) in [6.07, 6.45) is 1.94. The molecule has 0 fully saturated rings. The van der Waals surface area contributed by atoms with E-state index in [4.69, 9.17) is 10.7 Å². The highest BCUT2D eigenvalue weighted by molar-refractivity contribution is 9.10. The SMILES string of the molecule is Cc1ccc(S(=O)n2c(-c3c[nH]c4ccc(Br)cc34)nc3c4ccccc4c4ccc(N)cc4c32)cc1. The normalized spacial score (nSPS) is 12.7. The van der Waals surface area contributed by atoms with Crippen molar-refractivity contribution >= 4 is 76.1 Å². The Morgan fingerprint density at radius 2 is 1.62 bits per heavy atom. The van der Waals surface area contributed by atoms with Gasteiger partial charge in [0.2, 0.25) is 0 Å². The van der Waals surface area contributed by atoms with Crippen molar-refractivity contribution in [3.05, 3.63) is 101 Å². The lowest BCUT2D eigenvalue weighted by atomic mass is 9.99. The number of H-pyrrole nitrogens is 1. The number of hydrogen-bond acceptors (Lipinski definition) is 3. The third-order valence-corrected chi connectivity index (χ3v) is 8.74. The van der Waals surface area contributed by atoms with Gasteiger partial charge in [-0.3, -0.25) is 0 Å². The van der Waals surface area contributed by atoms with E-state index < -0.39 is 11.0 Å². The summed E-state index contributed by atoms with van der Waals surface area (Å²) in [6.45, 7) is 2.02. The summed E-state index contributed by atoms with van der Waals surface area (Å²) >= 11 is 3.61. The Labute approximate surface area is 223 Å². The van der Waals surface area contributed by atoms with Crippen LogP contribution in [-0.4, -0.2) is 18.1 Å². The number of nitrogens with zero attached hydrogens (tertiary/aromatic N) is 2. The van der Waals surface area contributed by atoms with Crippen LogP contribution in [0.3, 0.4) is 0 Å². The average Bonchev–Trinajstić information content (AvgIpc) is 3.50. The minimum atomic E-state index is -1.56. The number of benzene rings is 5. The molecule has 5 nitrogen and oxygen atoms in total. The molecule has 0 amide bonds. The van der Waals surface area contributed by atoms with E-state index in [9.17, 15) is 4.21 Å². The van der Waals surface area contributed by atoms with Gasteiger partial charge in [0.1, 0.15) is 0 Å². The topological polar surface area (TPSA) is 76.7 Å². The molecule has 3 N–H and O–H groups in total. The van der Waals surface area contributed by atoms with Crippen molar-refractivity contribution in [3.63, 3.8) is 0 Å². The number of hydrogen-bond donors (Lipinski definition) is 2. The number of nitrogens with two attached hydrogens (primary N) is 1. The van der Waals surface area contributed by atoms with Gasteiger partial charge in [0.05, 0.1) is 15.9 Å². The lowest BCUT2D eigenvalue weighted by molar-refractivity contribution is 0.678. The number of fused-ring (bicyclic) bond motifs is 7. The number of halogens is 1. The van der Waals surface area contributed by atoms with Crippen molar-refractivity contribution in [2.75, 3.05) is 5.73 Å². The standard InChI is InChI=1S/C30H21BrN4OS/c1-17-6-10-20(11-7-17)37(36)35-29-25-15-19(32)9-12-22(25)21-4-2-3-5-23(21)28(29)34-30(35)26-16-33-27-13-8-18(31)14-24(26)27/h2-16,33H,32H2,1H3. The second-order valence-corrected chi connectivity index (χ2v) is 11.5. The fourth-order valence-electron chi connectivity index (χ4n) is 5.12. The Hall–Kier alpha value is -3.94. The van der Waals surface area contributed by atoms with E-state index in [0.29, 0.717) is 16.4 Å². The minimum absolute atomic E-state index is 0.637. The molecule has 7 rings (SSSR count). The van der Waals surface area contributed by atoms with E-state index >= 15 is 0 Å².